The van der Waals surface area contributed by atoms with E-state index in [4.69, 9.17) is 4.74 Å². The lowest BCUT2D eigenvalue weighted by atomic mass is 9.90. The Labute approximate surface area is 133 Å². The first-order chi connectivity index (χ1) is 10.5. The quantitative estimate of drug-likeness (QED) is 0.525. The summed E-state index contributed by atoms with van der Waals surface area (Å²) in [7, 11) is 0. The van der Waals surface area contributed by atoms with Crippen LogP contribution < -0.4 is 0 Å². The zero-order valence-corrected chi connectivity index (χ0v) is 13.9. The lowest BCUT2D eigenvalue weighted by Crippen LogP contribution is -2.16. The second kappa shape index (κ2) is 7.44. The van der Waals surface area contributed by atoms with Crippen LogP contribution in [0.15, 0.2) is 53.6 Å². The predicted molar refractivity (Wildman–Crippen MR) is 90.8 cm³/mol. The molecule has 0 bridgehead atoms. The fourth-order valence-corrected chi connectivity index (χ4v) is 3.17. The molecule has 0 unspecified atom stereocenters. The van der Waals surface area contributed by atoms with E-state index in [0.717, 1.165) is 12.8 Å². The van der Waals surface area contributed by atoms with Gasteiger partial charge in [0, 0.05) is 5.92 Å². The van der Waals surface area contributed by atoms with Crippen molar-refractivity contribution >= 4 is 5.97 Å². The van der Waals surface area contributed by atoms with E-state index in [9.17, 15) is 4.79 Å². The summed E-state index contributed by atoms with van der Waals surface area (Å²) < 4.78 is 5.54. The highest BCUT2D eigenvalue weighted by molar-refractivity contribution is 5.89. The van der Waals surface area contributed by atoms with Crippen molar-refractivity contribution < 1.29 is 9.53 Å². The normalized spacial score (nSPS) is 19.1. The van der Waals surface area contributed by atoms with Crippen molar-refractivity contribution in [2.24, 2.45) is 5.92 Å². The molecule has 0 saturated carbocycles. The summed E-state index contributed by atoms with van der Waals surface area (Å²) in [6.45, 7) is 10.4. The van der Waals surface area contributed by atoms with Crippen LogP contribution in [0.3, 0.4) is 0 Å². The molecule has 2 nitrogen and oxygen atoms in total. The van der Waals surface area contributed by atoms with Crippen LogP contribution in [-0.4, -0.2) is 12.1 Å². The predicted octanol–water partition coefficient (Wildman–Crippen LogP) is 5.31. The Balaban J connectivity index is 1.88. The van der Waals surface area contributed by atoms with Gasteiger partial charge in [0.1, 0.15) is 0 Å². The summed E-state index contributed by atoms with van der Waals surface area (Å²) in [6, 6.07) is 9.18. The van der Waals surface area contributed by atoms with Gasteiger partial charge in [-0.3, -0.25) is 0 Å². The average Bonchev–Trinajstić information content (AvgIpc) is 2.87. The Hall–Kier alpha value is -1.83. The van der Waals surface area contributed by atoms with Gasteiger partial charge in [-0.2, -0.15) is 0 Å². The molecule has 0 aliphatic heterocycles. The van der Waals surface area contributed by atoms with Gasteiger partial charge in [0.2, 0.25) is 0 Å². The van der Waals surface area contributed by atoms with Crippen LogP contribution in [0.4, 0.5) is 0 Å². The minimum Gasteiger partial charge on any atom is -0.459 e. The molecule has 1 aromatic carbocycles. The van der Waals surface area contributed by atoms with Crippen molar-refractivity contribution in [3.8, 4) is 0 Å². The summed E-state index contributed by atoms with van der Waals surface area (Å²) >= 11 is 0. The van der Waals surface area contributed by atoms with Gasteiger partial charge in [0.15, 0.2) is 0 Å². The third kappa shape index (κ3) is 4.09. The number of benzene rings is 1. The largest absolute Gasteiger partial charge is 0.459 e. The molecule has 22 heavy (non-hydrogen) atoms. The molecule has 2 atom stereocenters. The number of carbonyl (C=O) groups excluding carboxylic acids is 1. The SMILES string of the molecule is C=C(C)[C@H]1CCC(C)=C1CC[C@@H](C)OC(=O)c1ccccc1. The Bertz CT molecular complexity index is 569. The second-order valence-corrected chi connectivity index (χ2v) is 6.36. The molecule has 118 valence electrons. The van der Waals surface area contributed by atoms with Gasteiger partial charge in [-0.25, -0.2) is 4.79 Å². The average molecular weight is 298 g/mol. The van der Waals surface area contributed by atoms with E-state index >= 15 is 0 Å². The van der Waals surface area contributed by atoms with Crippen LogP contribution >= 0.6 is 0 Å². The van der Waals surface area contributed by atoms with E-state index < -0.39 is 0 Å². The number of hydrogen-bond acceptors (Lipinski definition) is 2. The van der Waals surface area contributed by atoms with Gasteiger partial charge in [0.25, 0.3) is 0 Å². The first-order valence-electron chi connectivity index (χ1n) is 8.09. The maximum Gasteiger partial charge on any atom is 0.338 e. The highest BCUT2D eigenvalue weighted by Gasteiger charge is 2.24. The highest BCUT2D eigenvalue weighted by Crippen LogP contribution is 2.38. The van der Waals surface area contributed by atoms with Crippen LogP contribution in [0, 0.1) is 5.92 Å². The Morgan fingerprint density at radius 3 is 2.68 bits per heavy atom. The number of hydrogen-bond donors (Lipinski definition) is 0. The summed E-state index contributed by atoms with van der Waals surface area (Å²) in [4.78, 5) is 12.0. The highest BCUT2D eigenvalue weighted by atomic mass is 16.5. The van der Waals surface area contributed by atoms with Crippen molar-refractivity contribution in [3.05, 3.63) is 59.2 Å². The van der Waals surface area contributed by atoms with Crippen molar-refractivity contribution in [2.75, 3.05) is 0 Å². The van der Waals surface area contributed by atoms with Gasteiger partial charge in [-0.05, 0) is 58.6 Å². The fraction of sp³-hybridized carbons (Fsp3) is 0.450. The first kappa shape index (κ1) is 16.5. The molecule has 0 spiro atoms. The van der Waals surface area contributed by atoms with Crippen LogP contribution in [0.25, 0.3) is 0 Å². The zero-order chi connectivity index (χ0) is 16.1. The molecule has 1 aromatic rings. The summed E-state index contributed by atoms with van der Waals surface area (Å²) in [5.74, 6) is 0.290. The standard InChI is InChI=1S/C20H26O2/c1-14(2)18-12-10-15(3)19(18)13-11-16(4)22-20(21)17-8-6-5-7-9-17/h5-9,16,18H,1,10-13H2,2-4H3/t16-,18-/m1/s1. The summed E-state index contributed by atoms with van der Waals surface area (Å²) in [5.41, 5.74) is 4.87. The van der Waals surface area contributed by atoms with Crippen molar-refractivity contribution in [1.82, 2.24) is 0 Å². The van der Waals surface area contributed by atoms with Gasteiger partial charge in [0.05, 0.1) is 11.7 Å². The molecule has 0 N–H and O–H groups in total. The van der Waals surface area contributed by atoms with Gasteiger partial charge in [-0.15, -0.1) is 0 Å². The molecule has 2 rings (SSSR count). The molecule has 0 aromatic heterocycles. The number of esters is 1. The molecule has 1 aliphatic rings. The summed E-state index contributed by atoms with van der Waals surface area (Å²) in [5, 5.41) is 0. The third-order valence-electron chi connectivity index (χ3n) is 4.51. The lowest BCUT2D eigenvalue weighted by molar-refractivity contribution is 0.0324. The Morgan fingerprint density at radius 1 is 1.36 bits per heavy atom. The van der Waals surface area contributed by atoms with E-state index in [1.165, 1.54) is 29.6 Å². The lowest BCUT2D eigenvalue weighted by Gasteiger charge is -2.18. The molecule has 2 heteroatoms. The van der Waals surface area contributed by atoms with E-state index in [-0.39, 0.29) is 12.1 Å². The van der Waals surface area contributed by atoms with Crippen molar-refractivity contribution in [1.29, 1.82) is 0 Å². The molecule has 0 heterocycles. The van der Waals surface area contributed by atoms with Gasteiger partial charge in [-0.1, -0.05) is 41.5 Å². The third-order valence-corrected chi connectivity index (χ3v) is 4.51. The monoisotopic (exact) mass is 298 g/mol. The van der Waals surface area contributed by atoms with Crippen LogP contribution in [-0.2, 0) is 4.74 Å². The second-order valence-electron chi connectivity index (χ2n) is 6.36. The Kier molecular flexibility index (Phi) is 5.59. The fourth-order valence-electron chi connectivity index (χ4n) is 3.17. The van der Waals surface area contributed by atoms with E-state index in [1.54, 1.807) is 12.1 Å². The maximum absolute atomic E-state index is 12.0. The van der Waals surface area contributed by atoms with Crippen LogP contribution in [0.1, 0.15) is 56.8 Å². The topological polar surface area (TPSA) is 26.3 Å². The number of ether oxygens (including phenoxy) is 1. The molecule has 0 radical (unpaired) electrons. The van der Waals surface area contributed by atoms with Gasteiger partial charge >= 0.3 is 5.97 Å². The minimum absolute atomic E-state index is 0.0700. The zero-order valence-electron chi connectivity index (χ0n) is 13.9. The van der Waals surface area contributed by atoms with Gasteiger partial charge < -0.3 is 4.74 Å². The van der Waals surface area contributed by atoms with E-state index in [1.807, 2.05) is 25.1 Å². The molecule has 0 amide bonds. The molecule has 1 aliphatic carbocycles. The number of allylic oxidation sites excluding steroid dienone is 3. The molecule has 0 saturated heterocycles. The summed E-state index contributed by atoms with van der Waals surface area (Å²) in [6.07, 6.45) is 4.15. The first-order valence-corrected chi connectivity index (χ1v) is 8.09. The number of rotatable bonds is 6. The Morgan fingerprint density at radius 2 is 2.05 bits per heavy atom. The molecular formula is C20H26O2. The molecular weight excluding hydrogens is 272 g/mol. The smallest absolute Gasteiger partial charge is 0.338 e. The maximum atomic E-state index is 12.0. The van der Waals surface area contributed by atoms with Crippen LogP contribution in [0.2, 0.25) is 0 Å². The van der Waals surface area contributed by atoms with Crippen molar-refractivity contribution in [2.45, 2.75) is 52.6 Å². The van der Waals surface area contributed by atoms with E-state index in [0.29, 0.717) is 11.5 Å². The number of carbonyl (C=O) groups is 1. The van der Waals surface area contributed by atoms with Crippen molar-refractivity contribution in [3.63, 3.8) is 0 Å². The minimum atomic E-state index is -0.235. The van der Waals surface area contributed by atoms with Crippen LogP contribution in [0.5, 0.6) is 0 Å². The van der Waals surface area contributed by atoms with E-state index in [2.05, 4.69) is 20.4 Å². The molecule has 0 fully saturated rings.